The van der Waals surface area contributed by atoms with E-state index in [1.54, 1.807) is 12.1 Å². The van der Waals surface area contributed by atoms with Gasteiger partial charge in [-0.25, -0.2) is 0 Å². The maximum Gasteiger partial charge on any atom is 0.290 e. The van der Waals surface area contributed by atoms with Gasteiger partial charge in [0.15, 0.2) is 11.5 Å². The quantitative estimate of drug-likeness (QED) is 0.696. The lowest BCUT2D eigenvalue weighted by Crippen LogP contribution is -1.92. The molecule has 5 heteroatoms. The van der Waals surface area contributed by atoms with E-state index in [9.17, 15) is 4.79 Å². The molecule has 0 saturated carbocycles. The fourth-order valence-corrected chi connectivity index (χ4v) is 1.47. The van der Waals surface area contributed by atoms with E-state index in [0.717, 1.165) is 5.56 Å². The molecule has 0 bridgehead atoms. The number of fused-ring (bicyclic) bond motifs is 1. The van der Waals surface area contributed by atoms with E-state index in [1.165, 1.54) is 6.08 Å². The Morgan fingerprint density at radius 2 is 2.00 bits per heavy atom. The first-order chi connectivity index (χ1) is 7.33. The van der Waals surface area contributed by atoms with E-state index < -0.39 is 0 Å². The van der Waals surface area contributed by atoms with E-state index in [2.05, 4.69) is 10.2 Å². The third kappa shape index (κ3) is 1.28. The van der Waals surface area contributed by atoms with Crippen LogP contribution in [-0.2, 0) is 4.79 Å². The molecule has 2 aliphatic heterocycles. The van der Waals surface area contributed by atoms with E-state index in [-0.39, 0.29) is 12.7 Å². The Bertz CT molecular complexity index is 505. The summed E-state index contributed by atoms with van der Waals surface area (Å²) in [5, 5.41) is 7.16. The standard InChI is InChI=1S/C10H6N2O3/c13-10-4-7(11-12-10)6-1-2-8-9(3-6)15-5-14-8/h1-4H,5H2. The second-order valence-electron chi connectivity index (χ2n) is 3.14. The first-order valence-corrected chi connectivity index (χ1v) is 4.40. The average molecular weight is 202 g/mol. The van der Waals surface area contributed by atoms with Gasteiger partial charge in [0.1, 0.15) is 0 Å². The van der Waals surface area contributed by atoms with E-state index in [0.29, 0.717) is 17.2 Å². The molecule has 1 aromatic rings. The lowest BCUT2D eigenvalue weighted by molar-refractivity contribution is -0.113. The number of hydrogen-bond donors (Lipinski definition) is 0. The normalized spacial score (nSPS) is 17.1. The zero-order valence-corrected chi connectivity index (χ0v) is 7.64. The number of carbonyl (C=O) groups excluding carboxylic acids is 1. The van der Waals surface area contributed by atoms with Gasteiger partial charge in [0.2, 0.25) is 6.79 Å². The number of carbonyl (C=O) groups is 1. The summed E-state index contributed by atoms with van der Waals surface area (Å²) in [6, 6.07) is 5.39. The summed E-state index contributed by atoms with van der Waals surface area (Å²) >= 11 is 0. The molecule has 2 heterocycles. The van der Waals surface area contributed by atoms with E-state index in [4.69, 9.17) is 9.47 Å². The summed E-state index contributed by atoms with van der Waals surface area (Å²) in [5.41, 5.74) is 1.35. The van der Waals surface area contributed by atoms with Crippen LogP contribution in [0.4, 0.5) is 0 Å². The highest BCUT2D eigenvalue weighted by molar-refractivity contribution is 5.98. The van der Waals surface area contributed by atoms with Crippen LogP contribution >= 0.6 is 0 Å². The van der Waals surface area contributed by atoms with Crippen LogP contribution in [0.3, 0.4) is 0 Å². The van der Waals surface area contributed by atoms with Crippen LogP contribution in [0.25, 0.3) is 5.70 Å². The summed E-state index contributed by atoms with van der Waals surface area (Å²) < 4.78 is 10.4. The van der Waals surface area contributed by atoms with Crippen molar-refractivity contribution in [1.29, 1.82) is 0 Å². The molecule has 0 N–H and O–H groups in total. The summed E-state index contributed by atoms with van der Waals surface area (Å²) in [4.78, 5) is 10.9. The smallest absolute Gasteiger partial charge is 0.290 e. The Morgan fingerprint density at radius 3 is 2.80 bits per heavy atom. The molecular formula is C10H6N2O3. The van der Waals surface area contributed by atoms with Crippen LogP contribution in [-0.4, -0.2) is 12.7 Å². The van der Waals surface area contributed by atoms with Crippen molar-refractivity contribution in [2.24, 2.45) is 10.2 Å². The zero-order valence-electron chi connectivity index (χ0n) is 7.64. The molecular weight excluding hydrogens is 196 g/mol. The fraction of sp³-hybridized carbons (Fsp3) is 0.100. The molecule has 0 atom stereocenters. The highest BCUT2D eigenvalue weighted by Gasteiger charge is 2.16. The Kier molecular flexibility index (Phi) is 1.58. The van der Waals surface area contributed by atoms with Crippen LogP contribution in [0.15, 0.2) is 34.5 Å². The van der Waals surface area contributed by atoms with Gasteiger partial charge in [0, 0.05) is 11.6 Å². The Labute approximate surface area is 85.0 Å². The van der Waals surface area contributed by atoms with Crippen molar-refractivity contribution >= 4 is 11.6 Å². The van der Waals surface area contributed by atoms with Crippen molar-refractivity contribution in [2.75, 3.05) is 6.79 Å². The molecule has 3 rings (SSSR count). The predicted molar refractivity (Wildman–Crippen MR) is 50.4 cm³/mol. The highest BCUT2D eigenvalue weighted by Crippen LogP contribution is 2.35. The molecule has 15 heavy (non-hydrogen) atoms. The van der Waals surface area contributed by atoms with Crippen molar-refractivity contribution in [1.82, 2.24) is 0 Å². The molecule has 1 amide bonds. The fourth-order valence-electron chi connectivity index (χ4n) is 1.47. The van der Waals surface area contributed by atoms with Gasteiger partial charge in [0.25, 0.3) is 5.91 Å². The number of azo groups is 1. The van der Waals surface area contributed by atoms with Gasteiger partial charge in [0.05, 0.1) is 5.70 Å². The van der Waals surface area contributed by atoms with Gasteiger partial charge in [-0.1, -0.05) is 0 Å². The molecule has 5 nitrogen and oxygen atoms in total. The van der Waals surface area contributed by atoms with Crippen LogP contribution < -0.4 is 9.47 Å². The second-order valence-corrected chi connectivity index (χ2v) is 3.14. The minimum Gasteiger partial charge on any atom is -0.454 e. The molecule has 74 valence electrons. The zero-order chi connectivity index (χ0) is 10.3. The molecule has 0 radical (unpaired) electrons. The summed E-state index contributed by atoms with van der Waals surface area (Å²) in [5.74, 6) is 1.05. The number of rotatable bonds is 1. The molecule has 0 aliphatic carbocycles. The van der Waals surface area contributed by atoms with Gasteiger partial charge >= 0.3 is 0 Å². The van der Waals surface area contributed by atoms with Crippen molar-refractivity contribution in [3.05, 3.63) is 29.8 Å². The largest absolute Gasteiger partial charge is 0.454 e. The maximum atomic E-state index is 10.9. The second kappa shape index (κ2) is 2.91. The molecule has 0 fully saturated rings. The topological polar surface area (TPSA) is 60.2 Å². The minimum atomic E-state index is -0.331. The summed E-state index contributed by atoms with van der Waals surface area (Å²) in [6.45, 7) is 0.234. The van der Waals surface area contributed by atoms with Crippen LogP contribution in [0.5, 0.6) is 11.5 Å². The van der Waals surface area contributed by atoms with Crippen molar-refractivity contribution < 1.29 is 14.3 Å². The van der Waals surface area contributed by atoms with E-state index >= 15 is 0 Å². The third-order valence-electron chi connectivity index (χ3n) is 2.18. The molecule has 2 aliphatic rings. The molecule has 0 spiro atoms. The Balaban J connectivity index is 2.04. The molecule has 0 unspecified atom stereocenters. The number of hydrogen-bond acceptors (Lipinski definition) is 4. The van der Waals surface area contributed by atoms with Crippen LogP contribution in [0.1, 0.15) is 5.56 Å². The van der Waals surface area contributed by atoms with Crippen molar-refractivity contribution in [2.45, 2.75) is 0 Å². The lowest BCUT2D eigenvalue weighted by Gasteiger charge is -1.99. The summed E-state index contributed by atoms with van der Waals surface area (Å²) in [6.07, 6.45) is 1.39. The molecule has 0 saturated heterocycles. The number of nitrogens with zero attached hydrogens (tertiary/aromatic N) is 2. The molecule has 0 aromatic heterocycles. The van der Waals surface area contributed by atoms with Crippen molar-refractivity contribution in [3.63, 3.8) is 0 Å². The SMILES string of the molecule is O=C1C=C(c2ccc3c(c2)OCO3)N=N1. The third-order valence-corrected chi connectivity index (χ3v) is 2.18. The van der Waals surface area contributed by atoms with E-state index in [1.807, 2.05) is 6.07 Å². The van der Waals surface area contributed by atoms with Gasteiger partial charge < -0.3 is 9.47 Å². The Hall–Kier alpha value is -2.17. The molecule has 1 aromatic carbocycles. The maximum absolute atomic E-state index is 10.9. The van der Waals surface area contributed by atoms with Gasteiger partial charge in [-0.2, -0.15) is 0 Å². The van der Waals surface area contributed by atoms with Gasteiger partial charge in [-0.3, -0.25) is 4.79 Å². The van der Waals surface area contributed by atoms with Crippen LogP contribution in [0, 0.1) is 0 Å². The van der Waals surface area contributed by atoms with Crippen molar-refractivity contribution in [3.8, 4) is 11.5 Å². The number of ether oxygens (including phenoxy) is 2. The average Bonchev–Trinajstić information content (AvgIpc) is 2.84. The predicted octanol–water partition coefficient (Wildman–Crippen LogP) is 1.75. The highest BCUT2D eigenvalue weighted by atomic mass is 16.7. The van der Waals surface area contributed by atoms with Crippen LogP contribution in [0.2, 0.25) is 0 Å². The monoisotopic (exact) mass is 202 g/mol. The first kappa shape index (κ1) is 8.16. The first-order valence-electron chi connectivity index (χ1n) is 4.40. The summed E-state index contributed by atoms with van der Waals surface area (Å²) in [7, 11) is 0. The number of amides is 1. The van der Waals surface area contributed by atoms with Gasteiger partial charge in [-0.15, -0.1) is 10.2 Å². The Morgan fingerprint density at radius 1 is 1.13 bits per heavy atom. The lowest BCUT2D eigenvalue weighted by atomic mass is 10.1. The number of benzene rings is 1. The van der Waals surface area contributed by atoms with Gasteiger partial charge in [-0.05, 0) is 18.2 Å². The minimum absolute atomic E-state index is 0.234.